The summed E-state index contributed by atoms with van der Waals surface area (Å²) in [6.07, 6.45) is 6.44. The average molecular weight is 155 g/mol. The lowest BCUT2D eigenvalue weighted by Gasteiger charge is -2.33. The van der Waals surface area contributed by atoms with Gasteiger partial charge in [0.1, 0.15) is 0 Å². The molecule has 0 aromatic carbocycles. The van der Waals surface area contributed by atoms with Crippen molar-refractivity contribution >= 4 is 10.2 Å². The maximum atomic E-state index is 5.66. The van der Waals surface area contributed by atoms with Crippen LogP contribution in [-0.2, 0) is 4.74 Å². The molecule has 1 aliphatic rings. The van der Waals surface area contributed by atoms with E-state index >= 15 is 0 Å². The molecule has 1 saturated heterocycles. The van der Waals surface area contributed by atoms with Crippen molar-refractivity contribution in [2.75, 3.05) is 6.61 Å². The third kappa shape index (κ3) is 1.96. The second kappa shape index (κ2) is 3.35. The first-order chi connectivity index (χ1) is 4.77. The Labute approximate surface area is 65.9 Å². The van der Waals surface area contributed by atoms with Crippen LogP contribution in [0.5, 0.6) is 0 Å². The van der Waals surface area contributed by atoms with Gasteiger partial charge >= 0.3 is 0 Å². The van der Waals surface area contributed by atoms with Crippen molar-refractivity contribution in [3.05, 3.63) is 12.7 Å². The highest BCUT2D eigenvalue weighted by Gasteiger charge is 2.25. The van der Waals surface area contributed by atoms with Crippen molar-refractivity contribution < 1.29 is 4.74 Å². The minimum absolute atomic E-state index is 0.188. The summed E-state index contributed by atoms with van der Waals surface area (Å²) < 4.78 is 5.66. The Hall–Kier alpha value is -0.0831. The topological polar surface area (TPSA) is 9.23 Å². The van der Waals surface area contributed by atoms with Gasteiger partial charge in [0.15, 0.2) is 0 Å². The molecule has 1 radical (unpaired) electrons. The van der Waals surface area contributed by atoms with Crippen LogP contribution in [-0.4, -0.2) is 22.1 Å². The summed E-state index contributed by atoms with van der Waals surface area (Å²) in [4.78, 5) is 0. The molecular formula is C8H15OSi. The molecule has 0 aliphatic carbocycles. The van der Waals surface area contributed by atoms with E-state index in [2.05, 4.69) is 0 Å². The molecule has 2 heteroatoms. The number of hydrogen-bond acceptors (Lipinski definition) is 1. The molecule has 0 aromatic heterocycles. The van der Waals surface area contributed by atoms with Gasteiger partial charge in [-0.05, 0) is 25.7 Å². The van der Waals surface area contributed by atoms with Gasteiger partial charge in [0, 0.05) is 16.8 Å². The van der Waals surface area contributed by atoms with Gasteiger partial charge in [0.2, 0.25) is 0 Å². The van der Waals surface area contributed by atoms with E-state index in [-0.39, 0.29) is 5.22 Å². The van der Waals surface area contributed by atoms with Gasteiger partial charge in [-0.15, -0.1) is 0 Å². The Morgan fingerprint density at radius 3 is 2.90 bits per heavy atom. The van der Waals surface area contributed by atoms with Crippen molar-refractivity contribution in [2.45, 2.75) is 30.9 Å². The van der Waals surface area contributed by atoms with Crippen LogP contribution < -0.4 is 0 Å². The lowest BCUT2D eigenvalue weighted by atomic mass is 10.1. The summed E-state index contributed by atoms with van der Waals surface area (Å²) in [5.74, 6) is 0. The van der Waals surface area contributed by atoms with Crippen LogP contribution in [0, 0.1) is 6.58 Å². The first kappa shape index (κ1) is 8.02. The molecule has 1 unspecified atom stereocenters. The van der Waals surface area contributed by atoms with Crippen LogP contribution in [0.15, 0.2) is 6.08 Å². The first-order valence-corrected chi connectivity index (χ1v) is 4.94. The maximum absolute atomic E-state index is 5.66. The monoisotopic (exact) mass is 155 g/mol. The fourth-order valence-corrected chi connectivity index (χ4v) is 2.20. The molecule has 1 rings (SSSR count). The van der Waals surface area contributed by atoms with Crippen molar-refractivity contribution in [3.8, 4) is 0 Å². The molecule has 0 bridgehead atoms. The van der Waals surface area contributed by atoms with Crippen LogP contribution in [0.2, 0.25) is 0 Å². The minimum atomic E-state index is 0.188. The summed E-state index contributed by atoms with van der Waals surface area (Å²) in [5, 5.41) is 0.188. The highest BCUT2D eigenvalue weighted by Crippen LogP contribution is 2.24. The molecule has 0 spiro atoms. The SMILES string of the molecule is [CH]=CCC1([SiH3])CCCCO1. The zero-order valence-corrected chi connectivity index (χ0v) is 8.60. The van der Waals surface area contributed by atoms with Crippen LogP contribution in [0.1, 0.15) is 25.7 Å². The summed E-state index contributed by atoms with van der Waals surface area (Å²) >= 11 is 0. The second-order valence-corrected chi connectivity index (χ2v) is 5.02. The zero-order chi connectivity index (χ0) is 7.45. The van der Waals surface area contributed by atoms with E-state index in [1.54, 1.807) is 6.08 Å². The molecule has 1 fully saturated rings. The molecule has 57 valence electrons. The van der Waals surface area contributed by atoms with Crippen molar-refractivity contribution in [2.24, 2.45) is 0 Å². The fraction of sp³-hybridized carbons (Fsp3) is 0.750. The highest BCUT2D eigenvalue weighted by atomic mass is 28.1. The van der Waals surface area contributed by atoms with Crippen molar-refractivity contribution in [1.82, 2.24) is 0 Å². The van der Waals surface area contributed by atoms with Crippen LogP contribution >= 0.6 is 0 Å². The number of rotatable bonds is 2. The van der Waals surface area contributed by atoms with Crippen LogP contribution in [0.4, 0.5) is 0 Å². The summed E-state index contributed by atoms with van der Waals surface area (Å²) in [6.45, 7) is 6.30. The molecule has 0 aromatic rings. The molecule has 1 atom stereocenters. The summed E-state index contributed by atoms with van der Waals surface area (Å²) in [6, 6.07) is 0. The van der Waals surface area contributed by atoms with Gasteiger partial charge in [-0.25, -0.2) is 0 Å². The van der Waals surface area contributed by atoms with E-state index in [1.807, 2.05) is 0 Å². The Morgan fingerprint density at radius 1 is 1.60 bits per heavy atom. The number of hydrogen-bond donors (Lipinski definition) is 0. The lowest BCUT2D eigenvalue weighted by molar-refractivity contribution is -0.0151. The summed E-state index contributed by atoms with van der Waals surface area (Å²) in [5.41, 5.74) is 0. The highest BCUT2D eigenvalue weighted by molar-refractivity contribution is 6.14. The molecule has 0 saturated carbocycles. The Morgan fingerprint density at radius 2 is 2.40 bits per heavy atom. The lowest BCUT2D eigenvalue weighted by Crippen LogP contribution is -2.36. The maximum Gasteiger partial charge on any atom is 0.0519 e. The molecule has 10 heavy (non-hydrogen) atoms. The van der Waals surface area contributed by atoms with E-state index in [1.165, 1.54) is 19.3 Å². The third-order valence-electron chi connectivity index (χ3n) is 2.10. The predicted octanol–water partition coefficient (Wildman–Crippen LogP) is 0.628. The van der Waals surface area contributed by atoms with E-state index in [9.17, 15) is 0 Å². The Balaban J connectivity index is 2.39. The largest absolute Gasteiger partial charge is 0.379 e. The standard InChI is InChI=1S/C8H15OSi/c1-2-5-8(10)6-3-4-7-9-8/h1-2H,3-7H2,10H3. The van der Waals surface area contributed by atoms with Crippen molar-refractivity contribution in [3.63, 3.8) is 0 Å². The normalized spacial score (nSPS) is 34.0. The van der Waals surface area contributed by atoms with E-state index < -0.39 is 0 Å². The molecule has 1 aliphatic heterocycles. The summed E-state index contributed by atoms with van der Waals surface area (Å²) in [7, 11) is 1.11. The van der Waals surface area contributed by atoms with E-state index in [4.69, 9.17) is 11.3 Å². The van der Waals surface area contributed by atoms with Gasteiger partial charge in [-0.2, -0.15) is 0 Å². The van der Waals surface area contributed by atoms with Crippen LogP contribution in [0.3, 0.4) is 0 Å². The first-order valence-electron chi connectivity index (χ1n) is 3.94. The smallest absolute Gasteiger partial charge is 0.0519 e. The van der Waals surface area contributed by atoms with Gasteiger partial charge in [-0.3, -0.25) is 0 Å². The minimum Gasteiger partial charge on any atom is -0.379 e. The molecule has 0 amide bonds. The van der Waals surface area contributed by atoms with E-state index in [0.29, 0.717) is 0 Å². The quantitative estimate of drug-likeness (QED) is 0.531. The van der Waals surface area contributed by atoms with Gasteiger partial charge < -0.3 is 4.74 Å². The second-order valence-electron chi connectivity index (χ2n) is 3.20. The molecular weight excluding hydrogens is 140 g/mol. The third-order valence-corrected chi connectivity index (χ3v) is 3.30. The van der Waals surface area contributed by atoms with Crippen molar-refractivity contribution in [1.29, 1.82) is 0 Å². The van der Waals surface area contributed by atoms with Gasteiger partial charge in [0.05, 0.1) is 5.22 Å². The molecule has 1 heterocycles. The zero-order valence-electron chi connectivity index (χ0n) is 6.60. The average Bonchev–Trinajstić information content (AvgIpc) is 1.89. The molecule has 1 nitrogen and oxygen atoms in total. The predicted molar refractivity (Wildman–Crippen MR) is 46.0 cm³/mol. The molecule has 0 N–H and O–H groups in total. The Kier molecular flexibility index (Phi) is 2.69. The van der Waals surface area contributed by atoms with Crippen LogP contribution in [0.25, 0.3) is 0 Å². The fourth-order valence-electron chi connectivity index (χ4n) is 1.40. The number of ether oxygens (including phenoxy) is 1. The van der Waals surface area contributed by atoms with Gasteiger partial charge in [0.25, 0.3) is 0 Å². The van der Waals surface area contributed by atoms with Gasteiger partial charge in [-0.1, -0.05) is 12.7 Å². The van der Waals surface area contributed by atoms with E-state index in [0.717, 1.165) is 23.3 Å². The Bertz CT molecular complexity index is 116.